The Labute approximate surface area is 202 Å². The SMILES string of the molecule is CC1=C(C)/C(=C/C2=N[C@](C)(C#N)C(C)(C)C2)N=C1/C=c1/[nH]/c(=C\c2[nH]cc(C)c2C)c(C)c1C. The standard InChI is InChI=1S/C29H35N5/c1-16-14-31-23(17(16)2)11-25-20(5)21(6)27(33-25)12-26-19(4)18(3)24(32-26)10-22-13-28(7,8)29(9,15-30)34-22/h10-12,14,31,33H,13H2,1-9H3/b24-10-,25-11-,27-12+/t29-/m1/s1. The largest absolute Gasteiger partial charge is 0.361 e. The highest BCUT2D eigenvalue weighted by Crippen LogP contribution is 2.43. The maximum Gasteiger partial charge on any atom is 0.149 e. The summed E-state index contributed by atoms with van der Waals surface area (Å²) in [6.07, 6.45) is 9.21. The lowest BCUT2D eigenvalue weighted by molar-refractivity contribution is 0.276. The van der Waals surface area contributed by atoms with Gasteiger partial charge in [-0.15, -0.1) is 0 Å². The molecule has 0 radical (unpaired) electrons. The van der Waals surface area contributed by atoms with Crippen LogP contribution in [0.15, 0.2) is 39.1 Å². The number of aryl methyl sites for hydroxylation is 1. The molecule has 2 N–H and O–H groups in total. The van der Waals surface area contributed by atoms with E-state index in [0.29, 0.717) is 0 Å². The van der Waals surface area contributed by atoms with Gasteiger partial charge in [0.25, 0.3) is 0 Å². The van der Waals surface area contributed by atoms with Gasteiger partial charge >= 0.3 is 0 Å². The van der Waals surface area contributed by atoms with E-state index >= 15 is 0 Å². The van der Waals surface area contributed by atoms with Gasteiger partial charge in [-0.2, -0.15) is 5.26 Å². The molecule has 0 saturated heterocycles. The summed E-state index contributed by atoms with van der Waals surface area (Å²) >= 11 is 0. The number of aromatic nitrogens is 2. The maximum atomic E-state index is 9.67. The molecule has 34 heavy (non-hydrogen) atoms. The van der Waals surface area contributed by atoms with Crippen molar-refractivity contribution in [3.63, 3.8) is 0 Å². The van der Waals surface area contributed by atoms with E-state index in [1.54, 1.807) is 0 Å². The van der Waals surface area contributed by atoms with Crippen LogP contribution in [0.1, 0.15) is 69.0 Å². The third-order valence-corrected chi connectivity index (χ3v) is 8.05. The van der Waals surface area contributed by atoms with E-state index in [9.17, 15) is 5.26 Å². The first kappa shape index (κ1) is 23.8. The van der Waals surface area contributed by atoms with Gasteiger partial charge < -0.3 is 9.97 Å². The number of nitriles is 1. The Bertz CT molecular complexity index is 1470. The van der Waals surface area contributed by atoms with Crippen LogP contribution < -0.4 is 10.7 Å². The Hall–Kier alpha value is -3.39. The Morgan fingerprint density at radius 1 is 0.912 bits per heavy atom. The summed E-state index contributed by atoms with van der Waals surface area (Å²) in [5.41, 5.74) is 10.4. The summed E-state index contributed by atoms with van der Waals surface area (Å²) in [5, 5.41) is 11.9. The molecular formula is C29H35N5. The Morgan fingerprint density at radius 3 is 2.12 bits per heavy atom. The fourth-order valence-corrected chi connectivity index (χ4v) is 4.55. The minimum Gasteiger partial charge on any atom is -0.361 e. The van der Waals surface area contributed by atoms with Crippen LogP contribution in [-0.4, -0.2) is 26.9 Å². The number of hydrogen-bond donors (Lipinski definition) is 2. The molecule has 2 aromatic heterocycles. The van der Waals surface area contributed by atoms with Crippen molar-refractivity contribution in [3.8, 4) is 6.07 Å². The molecule has 0 fully saturated rings. The van der Waals surface area contributed by atoms with Gasteiger partial charge in [0.15, 0.2) is 0 Å². The molecule has 4 rings (SSSR count). The monoisotopic (exact) mass is 453 g/mol. The number of H-pyrrole nitrogens is 2. The molecule has 4 heterocycles. The van der Waals surface area contributed by atoms with E-state index in [-0.39, 0.29) is 5.41 Å². The summed E-state index contributed by atoms with van der Waals surface area (Å²) in [6.45, 7) is 18.9. The van der Waals surface area contributed by atoms with E-state index in [4.69, 9.17) is 9.98 Å². The lowest BCUT2D eigenvalue weighted by Crippen LogP contribution is -2.34. The van der Waals surface area contributed by atoms with Gasteiger partial charge in [-0.3, -0.25) is 4.99 Å². The van der Waals surface area contributed by atoms with Crippen molar-refractivity contribution in [1.82, 2.24) is 9.97 Å². The van der Waals surface area contributed by atoms with E-state index in [2.05, 4.69) is 89.7 Å². The molecule has 2 aliphatic rings. The third-order valence-electron chi connectivity index (χ3n) is 8.05. The van der Waals surface area contributed by atoms with Crippen molar-refractivity contribution in [2.75, 3.05) is 0 Å². The van der Waals surface area contributed by atoms with E-state index < -0.39 is 5.54 Å². The molecule has 0 saturated carbocycles. The fourth-order valence-electron chi connectivity index (χ4n) is 4.55. The predicted octanol–water partition coefficient (Wildman–Crippen LogP) is 5.01. The molecule has 5 nitrogen and oxygen atoms in total. The maximum absolute atomic E-state index is 9.67. The van der Waals surface area contributed by atoms with Crippen LogP contribution in [0.3, 0.4) is 0 Å². The number of aliphatic imine (C=N–C) groups is 2. The van der Waals surface area contributed by atoms with Gasteiger partial charge in [0, 0.05) is 33.7 Å². The third kappa shape index (κ3) is 3.81. The topological polar surface area (TPSA) is 80.1 Å². The number of rotatable bonds is 3. The van der Waals surface area contributed by atoms with Gasteiger partial charge in [-0.05, 0) is 107 Å². The normalized spacial score (nSPS) is 24.3. The van der Waals surface area contributed by atoms with Gasteiger partial charge in [-0.1, -0.05) is 13.8 Å². The van der Waals surface area contributed by atoms with Gasteiger partial charge in [-0.25, -0.2) is 4.99 Å². The molecule has 1 atom stereocenters. The van der Waals surface area contributed by atoms with Crippen molar-refractivity contribution >= 4 is 23.6 Å². The summed E-state index contributed by atoms with van der Waals surface area (Å²) in [6, 6.07) is 2.40. The summed E-state index contributed by atoms with van der Waals surface area (Å²) in [7, 11) is 0. The molecule has 0 amide bonds. The number of allylic oxidation sites excluding steroid dienone is 3. The Kier molecular flexibility index (Phi) is 5.68. The van der Waals surface area contributed by atoms with Crippen molar-refractivity contribution in [1.29, 1.82) is 5.26 Å². The summed E-state index contributed by atoms with van der Waals surface area (Å²) < 4.78 is 0. The highest BCUT2D eigenvalue weighted by molar-refractivity contribution is 6.23. The molecular weight excluding hydrogens is 418 g/mol. The van der Waals surface area contributed by atoms with Crippen LogP contribution in [0.5, 0.6) is 0 Å². The van der Waals surface area contributed by atoms with Crippen molar-refractivity contribution < 1.29 is 0 Å². The highest BCUT2D eigenvalue weighted by Gasteiger charge is 2.46. The average molecular weight is 454 g/mol. The molecule has 0 aliphatic carbocycles. The molecule has 2 aromatic rings. The van der Waals surface area contributed by atoms with Crippen LogP contribution in [0.2, 0.25) is 0 Å². The lowest BCUT2D eigenvalue weighted by Gasteiger charge is -2.29. The van der Waals surface area contributed by atoms with Crippen LogP contribution in [-0.2, 0) is 0 Å². The zero-order chi connectivity index (χ0) is 25.0. The number of nitrogens with zero attached hydrogens (tertiary/aromatic N) is 3. The molecule has 2 aliphatic heterocycles. The molecule has 0 aromatic carbocycles. The smallest absolute Gasteiger partial charge is 0.149 e. The average Bonchev–Trinajstić information content (AvgIpc) is 3.40. The quantitative estimate of drug-likeness (QED) is 0.673. The second-order valence-electron chi connectivity index (χ2n) is 10.6. The fraction of sp³-hybridized carbons (Fsp3) is 0.414. The predicted molar refractivity (Wildman–Crippen MR) is 142 cm³/mol. The Morgan fingerprint density at radius 2 is 1.56 bits per heavy atom. The van der Waals surface area contributed by atoms with Crippen LogP contribution in [0, 0.1) is 44.4 Å². The minimum atomic E-state index is -0.703. The van der Waals surface area contributed by atoms with E-state index in [1.165, 1.54) is 27.8 Å². The number of aromatic amines is 2. The Balaban J connectivity index is 1.75. The van der Waals surface area contributed by atoms with Crippen molar-refractivity contribution in [3.05, 3.63) is 67.8 Å². The molecule has 0 unspecified atom stereocenters. The minimum absolute atomic E-state index is 0.195. The zero-order valence-corrected chi connectivity index (χ0v) is 21.9. The van der Waals surface area contributed by atoms with Gasteiger partial charge in [0.05, 0.1) is 17.5 Å². The molecule has 0 spiro atoms. The highest BCUT2D eigenvalue weighted by atomic mass is 14.9. The summed E-state index contributed by atoms with van der Waals surface area (Å²) in [5.74, 6) is 0. The molecule has 5 heteroatoms. The second-order valence-corrected chi connectivity index (χ2v) is 10.6. The van der Waals surface area contributed by atoms with Crippen LogP contribution in [0.25, 0.3) is 12.2 Å². The van der Waals surface area contributed by atoms with Crippen molar-refractivity contribution in [2.24, 2.45) is 15.4 Å². The van der Waals surface area contributed by atoms with Crippen molar-refractivity contribution in [2.45, 2.75) is 74.3 Å². The van der Waals surface area contributed by atoms with Crippen LogP contribution in [0.4, 0.5) is 0 Å². The first-order valence-corrected chi connectivity index (χ1v) is 11.9. The zero-order valence-electron chi connectivity index (χ0n) is 21.9. The van der Waals surface area contributed by atoms with E-state index in [0.717, 1.165) is 45.5 Å². The second kappa shape index (κ2) is 8.13. The van der Waals surface area contributed by atoms with Crippen LogP contribution >= 0.6 is 0 Å². The lowest BCUT2D eigenvalue weighted by atomic mass is 9.74. The first-order chi connectivity index (χ1) is 15.9. The summed E-state index contributed by atoms with van der Waals surface area (Å²) in [4.78, 5) is 16.7. The number of nitrogens with one attached hydrogen (secondary N) is 2. The van der Waals surface area contributed by atoms with Gasteiger partial charge in [0.1, 0.15) is 5.54 Å². The van der Waals surface area contributed by atoms with Gasteiger partial charge in [0.2, 0.25) is 0 Å². The number of hydrogen-bond acceptors (Lipinski definition) is 3. The molecule has 176 valence electrons. The molecule has 0 bridgehead atoms. The van der Waals surface area contributed by atoms with E-state index in [1.807, 2.05) is 13.1 Å². The first-order valence-electron chi connectivity index (χ1n) is 11.9.